The van der Waals surface area contributed by atoms with E-state index >= 15 is 4.39 Å². The Kier molecular flexibility index (Phi) is 5.89. The Balaban J connectivity index is 2.03. The predicted octanol–water partition coefficient (Wildman–Crippen LogP) is 3.84. The number of benzene rings is 2. The van der Waals surface area contributed by atoms with Crippen LogP contribution in [0, 0.1) is 5.82 Å². The van der Waals surface area contributed by atoms with Gasteiger partial charge >= 0.3 is 5.97 Å². The first kappa shape index (κ1) is 22.8. The maximum Gasteiger partial charge on any atom is 0.338 e. The fourth-order valence-corrected chi connectivity index (χ4v) is 5.07. The number of hydrogen-bond acceptors (Lipinski definition) is 8. The van der Waals surface area contributed by atoms with Crippen molar-refractivity contribution < 1.29 is 36.9 Å². The van der Waals surface area contributed by atoms with Crippen LogP contribution in [0.3, 0.4) is 0 Å². The van der Waals surface area contributed by atoms with Crippen molar-refractivity contribution in [2.24, 2.45) is 0 Å². The Hall–Kier alpha value is -3.38. The first-order chi connectivity index (χ1) is 15.6. The van der Waals surface area contributed by atoms with Gasteiger partial charge in [-0.2, -0.15) is 0 Å². The van der Waals surface area contributed by atoms with Gasteiger partial charge in [-0.15, -0.1) is 0 Å². The number of phenols is 1. The fourth-order valence-electron chi connectivity index (χ4n) is 3.27. The molecule has 0 saturated heterocycles. The Bertz CT molecular complexity index is 1400. The molecule has 4 rings (SSSR count). The Morgan fingerprint density at radius 1 is 1.15 bits per heavy atom. The summed E-state index contributed by atoms with van der Waals surface area (Å²) in [7, 11) is -1.81. The molecule has 0 saturated carbocycles. The second kappa shape index (κ2) is 8.52. The number of halogens is 2. The van der Waals surface area contributed by atoms with E-state index in [9.17, 15) is 18.3 Å². The number of aromatic nitrogens is 1. The molecule has 172 valence electrons. The van der Waals surface area contributed by atoms with Crippen molar-refractivity contribution in [2.75, 3.05) is 18.9 Å². The third-order valence-corrected chi connectivity index (χ3v) is 6.89. The zero-order valence-corrected chi connectivity index (χ0v) is 19.6. The normalized spacial score (nSPS) is 14.5. The van der Waals surface area contributed by atoms with Gasteiger partial charge in [0.05, 0.1) is 29.9 Å². The molecular formula is C21H16BrFN2O7S. The third kappa shape index (κ3) is 4.18. The molecule has 0 atom stereocenters. The first-order valence-electron chi connectivity index (χ1n) is 9.28. The lowest BCUT2D eigenvalue weighted by atomic mass is 10.0. The highest BCUT2D eigenvalue weighted by Gasteiger charge is 2.27. The van der Waals surface area contributed by atoms with E-state index in [4.69, 9.17) is 14.2 Å². The van der Waals surface area contributed by atoms with Crippen LogP contribution in [0.5, 0.6) is 17.4 Å². The zero-order chi connectivity index (χ0) is 23.9. The van der Waals surface area contributed by atoms with Gasteiger partial charge in [0.25, 0.3) is 10.0 Å². The molecule has 0 amide bonds. The third-order valence-electron chi connectivity index (χ3n) is 4.91. The molecule has 1 aromatic heterocycles. The van der Waals surface area contributed by atoms with Gasteiger partial charge in [-0.25, -0.2) is 22.6 Å². The number of carbonyl (C=O) groups is 1. The van der Waals surface area contributed by atoms with Crippen molar-refractivity contribution in [3.63, 3.8) is 0 Å². The molecule has 2 heterocycles. The van der Waals surface area contributed by atoms with E-state index in [1.54, 1.807) is 0 Å². The van der Waals surface area contributed by atoms with Gasteiger partial charge in [0.1, 0.15) is 28.8 Å². The van der Waals surface area contributed by atoms with E-state index in [0.717, 1.165) is 12.1 Å². The van der Waals surface area contributed by atoms with Crippen LogP contribution in [-0.4, -0.2) is 38.7 Å². The number of nitrogens with one attached hydrogen (secondary N) is 1. The number of nitrogens with zero attached hydrogens (tertiary/aromatic N) is 1. The topological polar surface area (TPSA) is 124 Å². The summed E-state index contributed by atoms with van der Waals surface area (Å²) in [5.41, 5.74) is 0.372. The highest BCUT2D eigenvalue weighted by atomic mass is 79.9. The van der Waals surface area contributed by atoms with Gasteiger partial charge < -0.3 is 19.3 Å². The zero-order valence-electron chi connectivity index (χ0n) is 17.2. The Morgan fingerprint density at radius 3 is 2.61 bits per heavy atom. The molecule has 1 aliphatic heterocycles. The second-order valence-corrected chi connectivity index (χ2v) is 9.41. The van der Waals surface area contributed by atoms with Crippen LogP contribution < -0.4 is 14.2 Å². The summed E-state index contributed by atoms with van der Waals surface area (Å²) in [5.74, 6) is -2.14. The quantitative estimate of drug-likeness (QED) is 0.471. The number of aromatic hydroxyl groups is 1. The number of ether oxygens (including phenoxy) is 3. The number of hydrogen-bond donors (Lipinski definition) is 2. The minimum absolute atomic E-state index is 0.0170. The number of cyclic esters (lactones) is 1. The van der Waals surface area contributed by atoms with Crippen LogP contribution in [0.25, 0.3) is 11.1 Å². The number of esters is 1. The number of rotatable bonds is 2. The van der Waals surface area contributed by atoms with E-state index in [-0.39, 0.29) is 45.1 Å². The standard InChI is InChI=1S/C21H16BrFN2O7S/c1-30-17-7-15(23)13-5-16(17)25-33(28,29)18-4-10(3-14(22)20(18)26)21(27)32-9-11-8-24-19(31-2)6-12(11)13/h3-8,25-26H,9H2,1-2H3. The fraction of sp³-hybridized carbons (Fsp3) is 0.143. The molecule has 12 heteroatoms. The van der Waals surface area contributed by atoms with Crippen molar-refractivity contribution >= 4 is 37.6 Å². The average molecular weight is 539 g/mol. The van der Waals surface area contributed by atoms with Gasteiger partial charge in [0, 0.05) is 29.5 Å². The largest absolute Gasteiger partial charge is 0.505 e. The van der Waals surface area contributed by atoms with Crippen LogP contribution in [0.2, 0.25) is 0 Å². The van der Waals surface area contributed by atoms with Gasteiger partial charge in [0.2, 0.25) is 5.88 Å². The highest BCUT2D eigenvalue weighted by Crippen LogP contribution is 2.39. The molecule has 3 aromatic rings. The smallest absolute Gasteiger partial charge is 0.338 e. The summed E-state index contributed by atoms with van der Waals surface area (Å²) < 4.78 is 59.2. The molecule has 0 fully saturated rings. The Labute approximate surface area is 196 Å². The minimum atomic E-state index is -4.45. The molecule has 2 N–H and O–H groups in total. The predicted molar refractivity (Wildman–Crippen MR) is 118 cm³/mol. The molecule has 4 bridgehead atoms. The molecule has 0 aliphatic carbocycles. The number of anilines is 1. The number of carbonyl (C=O) groups excluding carboxylic acids is 1. The van der Waals surface area contributed by atoms with Crippen molar-refractivity contribution in [3.8, 4) is 28.5 Å². The number of fused-ring (bicyclic) bond motifs is 6. The van der Waals surface area contributed by atoms with Gasteiger partial charge in [-0.3, -0.25) is 4.72 Å². The minimum Gasteiger partial charge on any atom is -0.505 e. The lowest BCUT2D eigenvalue weighted by Gasteiger charge is -2.16. The average Bonchev–Trinajstić information content (AvgIpc) is 2.79. The van der Waals surface area contributed by atoms with Crippen molar-refractivity contribution in [1.82, 2.24) is 4.98 Å². The summed E-state index contributed by atoms with van der Waals surface area (Å²) >= 11 is 3.05. The van der Waals surface area contributed by atoms with Gasteiger partial charge in [0.15, 0.2) is 0 Å². The summed E-state index contributed by atoms with van der Waals surface area (Å²) in [6.45, 7) is -0.292. The van der Waals surface area contributed by atoms with E-state index < -0.39 is 32.5 Å². The molecule has 0 spiro atoms. The molecule has 9 nitrogen and oxygen atoms in total. The highest BCUT2D eigenvalue weighted by molar-refractivity contribution is 9.10. The number of methoxy groups -OCH3 is 2. The van der Waals surface area contributed by atoms with Crippen LogP contribution in [0.15, 0.2) is 45.9 Å². The Morgan fingerprint density at radius 2 is 1.91 bits per heavy atom. The van der Waals surface area contributed by atoms with Crippen molar-refractivity contribution in [2.45, 2.75) is 11.5 Å². The van der Waals surface area contributed by atoms with Crippen molar-refractivity contribution in [3.05, 3.63) is 57.9 Å². The van der Waals surface area contributed by atoms with E-state index in [1.807, 2.05) is 0 Å². The number of pyridine rings is 1. The molecular weight excluding hydrogens is 523 g/mol. The number of sulfonamides is 1. The first-order valence-corrected chi connectivity index (χ1v) is 11.6. The van der Waals surface area contributed by atoms with Crippen molar-refractivity contribution in [1.29, 1.82) is 0 Å². The van der Waals surface area contributed by atoms with E-state index in [0.29, 0.717) is 5.56 Å². The van der Waals surface area contributed by atoms with Gasteiger partial charge in [-0.1, -0.05) is 0 Å². The molecule has 0 radical (unpaired) electrons. The summed E-state index contributed by atoms with van der Waals surface area (Å²) in [4.78, 5) is 16.2. The monoisotopic (exact) mass is 538 g/mol. The van der Waals surface area contributed by atoms with Gasteiger partial charge in [-0.05, 0) is 39.7 Å². The summed E-state index contributed by atoms with van der Waals surface area (Å²) in [6.07, 6.45) is 1.37. The van der Waals surface area contributed by atoms with Crippen LogP contribution in [-0.2, 0) is 21.4 Å². The van der Waals surface area contributed by atoms with Crippen LogP contribution in [0.4, 0.5) is 10.1 Å². The summed E-state index contributed by atoms with van der Waals surface area (Å²) in [6, 6.07) is 5.90. The van der Waals surface area contributed by atoms with Crippen LogP contribution >= 0.6 is 15.9 Å². The number of phenolic OH excluding ortho intramolecular Hbond substituents is 1. The molecule has 0 unspecified atom stereocenters. The molecule has 33 heavy (non-hydrogen) atoms. The second-order valence-electron chi connectivity index (χ2n) is 6.90. The molecule has 1 aliphatic rings. The lowest BCUT2D eigenvalue weighted by Crippen LogP contribution is -2.15. The van der Waals surface area contributed by atoms with Crippen LogP contribution in [0.1, 0.15) is 15.9 Å². The van der Waals surface area contributed by atoms with E-state index in [2.05, 4.69) is 25.6 Å². The SMILES string of the molecule is COc1cc2c(cn1)COC(=O)c1cc(Br)c(O)c(c1)S(=O)(=O)Nc1cc-2c(F)cc1OC. The maximum absolute atomic E-state index is 15.1. The summed E-state index contributed by atoms with van der Waals surface area (Å²) in [5, 5.41) is 10.4. The molecule has 2 aromatic carbocycles. The van der Waals surface area contributed by atoms with E-state index in [1.165, 1.54) is 38.6 Å². The lowest BCUT2D eigenvalue weighted by molar-refractivity contribution is 0.0472. The maximum atomic E-state index is 15.1.